The molecule has 4 heterocycles. The Bertz CT molecular complexity index is 1170. The molecule has 0 unspecified atom stereocenters. The minimum atomic E-state index is 0.374. The summed E-state index contributed by atoms with van der Waals surface area (Å²) in [5.41, 5.74) is 5.80. The molecule has 3 aromatic heterocycles. The number of hydrogen-bond acceptors (Lipinski definition) is 6. The Labute approximate surface area is 184 Å². The van der Waals surface area contributed by atoms with E-state index in [9.17, 15) is 3.89 Å². The molecule has 0 amide bonds. The van der Waals surface area contributed by atoms with Crippen molar-refractivity contribution < 1.29 is 3.89 Å². The van der Waals surface area contributed by atoms with Crippen LogP contribution >= 0.6 is 12.1 Å². The zero-order valence-corrected chi connectivity index (χ0v) is 17.7. The second kappa shape index (κ2) is 8.95. The molecular weight excluding hydrogens is 411 g/mol. The van der Waals surface area contributed by atoms with E-state index in [1.165, 1.54) is 0 Å². The SMILES string of the molecule is FSCCN1Cc2nc(-c3ccccc3)nc(-c3ccn(Cc4cccnc4)n3)c2C1. The fraction of sp³-hybridized carbons (Fsp3) is 0.217. The third-order valence-electron chi connectivity index (χ3n) is 5.32. The molecule has 0 radical (unpaired) electrons. The van der Waals surface area contributed by atoms with Gasteiger partial charge in [-0.2, -0.15) is 8.98 Å². The second-order valence-electron chi connectivity index (χ2n) is 7.47. The maximum atomic E-state index is 12.6. The van der Waals surface area contributed by atoms with Crippen molar-refractivity contribution in [3.8, 4) is 22.8 Å². The van der Waals surface area contributed by atoms with Crippen molar-refractivity contribution in [1.82, 2.24) is 29.6 Å². The molecule has 0 spiro atoms. The minimum absolute atomic E-state index is 0.374. The van der Waals surface area contributed by atoms with Gasteiger partial charge in [-0.05, 0) is 17.7 Å². The zero-order chi connectivity index (χ0) is 21.0. The minimum Gasteiger partial charge on any atom is -0.292 e. The Morgan fingerprint density at radius 2 is 1.90 bits per heavy atom. The van der Waals surface area contributed by atoms with Crippen LogP contribution in [-0.4, -0.2) is 41.9 Å². The van der Waals surface area contributed by atoms with Crippen LogP contribution in [0.5, 0.6) is 0 Å². The molecule has 0 bridgehead atoms. The van der Waals surface area contributed by atoms with Gasteiger partial charge in [-0.1, -0.05) is 36.4 Å². The van der Waals surface area contributed by atoms with Crippen molar-refractivity contribution in [2.75, 3.05) is 12.3 Å². The molecule has 0 aliphatic carbocycles. The smallest absolute Gasteiger partial charge is 0.160 e. The molecule has 1 aliphatic heterocycles. The molecule has 1 aromatic carbocycles. The quantitative estimate of drug-likeness (QED) is 0.432. The Morgan fingerprint density at radius 3 is 2.71 bits per heavy atom. The zero-order valence-electron chi connectivity index (χ0n) is 16.9. The molecule has 6 nitrogen and oxygen atoms in total. The van der Waals surface area contributed by atoms with Gasteiger partial charge in [0.15, 0.2) is 5.82 Å². The normalized spacial score (nSPS) is 13.5. The molecule has 0 saturated carbocycles. The highest BCUT2D eigenvalue weighted by Crippen LogP contribution is 2.32. The van der Waals surface area contributed by atoms with E-state index in [1.807, 2.05) is 65.6 Å². The first-order valence-electron chi connectivity index (χ1n) is 10.1. The van der Waals surface area contributed by atoms with E-state index < -0.39 is 0 Å². The van der Waals surface area contributed by atoms with E-state index in [4.69, 9.17) is 15.1 Å². The van der Waals surface area contributed by atoms with Crippen LogP contribution in [-0.2, 0) is 19.6 Å². The standard InChI is InChI=1S/C23H21FN6S/c24-31-12-11-29-15-19-21(16-29)26-23(18-6-2-1-3-7-18)27-22(19)20-8-10-30(28-20)14-17-5-4-9-25-13-17/h1-10,13H,11-12,14-16H2. The number of pyridine rings is 1. The Hall–Kier alpha value is -3.10. The summed E-state index contributed by atoms with van der Waals surface area (Å²) in [7, 11) is 0. The van der Waals surface area contributed by atoms with E-state index in [1.54, 1.807) is 6.20 Å². The molecule has 5 rings (SSSR count). The molecule has 8 heteroatoms. The molecule has 0 atom stereocenters. The summed E-state index contributed by atoms with van der Waals surface area (Å²) in [6.07, 6.45) is 5.57. The predicted octanol–water partition coefficient (Wildman–Crippen LogP) is 4.38. The summed E-state index contributed by atoms with van der Waals surface area (Å²) in [6, 6.07) is 15.9. The summed E-state index contributed by atoms with van der Waals surface area (Å²) in [5, 5.41) is 4.79. The van der Waals surface area contributed by atoms with Gasteiger partial charge in [0, 0.05) is 67.3 Å². The average molecular weight is 433 g/mol. The van der Waals surface area contributed by atoms with E-state index in [0.717, 1.165) is 33.8 Å². The maximum absolute atomic E-state index is 12.6. The van der Waals surface area contributed by atoms with Gasteiger partial charge < -0.3 is 0 Å². The molecule has 31 heavy (non-hydrogen) atoms. The topological polar surface area (TPSA) is 59.7 Å². The van der Waals surface area contributed by atoms with Gasteiger partial charge in [-0.3, -0.25) is 14.6 Å². The maximum Gasteiger partial charge on any atom is 0.160 e. The number of benzene rings is 1. The molecule has 0 saturated heterocycles. The van der Waals surface area contributed by atoms with Crippen LogP contribution in [0.25, 0.3) is 22.8 Å². The lowest BCUT2D eigenvalue weighted by Crippen LogP contribution is -2.19. The van der Waals surface area contributed by atoms with Crippen LogP contribution in [0.1, 0.15) is 16.8 Å². The lowest BCUT2D eigenvalue weighted by molar-refractivity contribution is 0.301. The first kappa shape index (κ1) is 19.8. The van der Waals surface area contributed by atoms with E-state index in [-0.39, 0.29) is 0 Å². The average Bonchev–Trinajstić information content (AvgIpc) is 3.45. The summed E-state index contributed by atoms with van der Waals surface area (Å²) < 4.78 is 14.5. The summed E-state index contributed by atoms with van der Waals surface area (Å²) in [6.45, 7) is 2.72. The van der Waals surface area contributed by atoms with Crippen LogP contribution < -0.4 is 0 Å². The van der Waals surface area contributed by atoms with Crippen molar-refractivity contribution in [2.24, 2.45) is 0 Å². The van der Waals surface area contributed by atoms with Gasteiger partial charge in [-0.15, -0.1) is 0 Å². The fourth-order valence-corrected chi connectivity index (χ4v) is 4.15. The molecule has 156 valence electrons. The van der Waals surface area contributed by atoms with Crippen LogP contribution in [0.15, 0.2) is 67.1 Å². The van der Waals surface area contributed by atoms with Crippen LogP contribution in [0.4, 0.5) is 3.89 Å². The molecule has 0 fully saturated rings. The van der Waals surface area contributed by atoms with Crippen molar-refractivity contribution in [3.05, 3.63) is 83.9 Å². The monoisotopic (exact) mass is 432 g/mol. The Morgan fingerprint density at radius 1 is 1.00 bits per heavy atom. The predicted molar refractivity (Wildman–Crippen MR) is 120 cm³/mol. The highest BCUT2D eigenvalue weighted by Gasteiger charge is 2.27. The molecule has 1 aliphatic rings. The number of hydrogen-bond donors (Lipinski definition) is 0. The van der Waals surface area contributed by atoms with Crippen LogP contribution in [0.3, 0.4) is 0 Å². The lowest BCUT2D eigenvalue weighted by atomic mass is 10.1. The number of rotatable bonds is 7. The molecule has 4 aromatic rings. The van der Waals surface area contributed by atoms with Crippen molar-refractivity contribution in [2.45, 2.75) is 19.6 Å². The number of aromatic nitrogens is 5. The van der Waals surface area contributed by atoms with Gasteiger partial charge in [0.05, 0.1) is 17.9 Å². The van der Waals surface area contributed by atoms with E-state index in [2.05, 4.69) is 9.88 Å². The van der Waals surface area contributed by atoms with E-state index in [0.29, 0.717) is 49.9 Å². The summed E-state index contributed by atoms with van der Waals surface area (Å²) >= 11 is 0.374. The second-order valence-corrected chi connectivity index (χ2v) is 8.10. The van der Waals surface area contributed by atoms with Gasteiger partial charge in [0.2, 0.25) is 0 Å². The van der Waals surface area contributed by atoms with Crippen LogP contribution in [0.2, 0.25) is 0 Å². The highest BCUT2D eigenvalue weighted by atomic mass is 32.2. The van der Waals surface area contributed by atoms with E-state index >= 15 is 0 Å². The largest absolute Gasteiger partial charge is 0.292 e. The lowest BCUT2D eigenvalue weighted by Gasteiger charge is -2.12. The number of halogens is 1. The Kier molecular flexibility index (Phi) is 5.73. The van der Waals surface area contributed by atoms with Crippen molar-refractivity contribution in [3.63, 3.8) is 0 Å². The molecule has 0 N–H and O–H groups in total. The number of nitrogens with zero attached hydrogens (tertiary/aromatic N) is 6. The first-order chi connectivity index (χ1) is 15.3. The number of fused-ring (bicyclic) bond motifs is 1. The Balaban J connectivity index is 1.51. The van der Waals surface area contributed by atoms with Crippen molar-refractivity contribution in [1.29, 1.82) is 0 Å². The third kappa shape index (κ3) is 4.35. The highest BCUT2D eigenvalue weighted by molar-refractivity contribution is 7.94. The van der Waals surface area contributed by atoms with Gasteiger partial charge >= 0.3 is 0 Å². The first-order valence-corrected chi connectivity index (χ1v) is 11.0. The summed E-state index contributed by atoms with van der Waals surface area (Å²) in [5.74, 6) is 1.14. The third-order valence-corrected chi connectivity index (χ3v) is 5.65. The molecular formula is C23H21FN6S. The van der Waals surface area contributed by atoms with Gasteiger partial charge in [0.25, 0.3) is 0 Å². The van der Waals surface area contributed by atoms with Gasteiger partial charge in [-0.25, -0.2) is 9.97 Å². The van der Waals surface area contributed by atoms with Crippen molar-refractivity contribution >= 4 is 12.1 Å². The fourth-order valence-electron chi connectivity index (χ4n) is 3.82. The summed E-state index contributed by atoms with van der Waals surface area (Å²) in [4.78, 5) is 16.1. The van der Waals surface area contributed by atoms with Crippen LogP contribution in [0, 0.1) is 0 Å². The van der Waals surface area contributed by atoms with Gasteiger partial charge in [0.1, 0.15) is 5.69 Å².